The summed E-state index contributed by atoms with van der Waals surface area (Å²) in [5, 5.41) is 11.6. The van der Waals surface area contributed by atoms with Gasteiger partial charge in [-0.1, -0.05) is 50.4 Å². The summed E-state index contributed by atoms with van der Waals surface area (Å²) in [5.74, 6) is -0.757. The van der Waals surface area contributed by atoms with Crippen molar-refractivity contribution in [3.8, 4) is 5.75 Å². The fraction of sp³-hybridized carbons (Fsp3) is 0.360. The topological polar surface area (TPSA) is 66.8 Å². The Hall–Kier alpha value is -2.79. The number of hydrogen-bond acceptors (Lipinski definition) is 4. The van der Waals surface area contributed by atoms with Crippen molar-refractivity contribution in [1.29, 1.82) is 0 Å². The van der Waals surface area contributed by atoms with Gasteiger partial charge in [-0.2, -0.15) is 0 Å². The molecule has 1 fully saturated rings. The van der Waals surface area contributed by atoms with Gasteiger partial charge in [-0.15, -0.1) is 0 Å². The molecule has 1 aliphatic rings. The number of aliphatic hydroxyl groups excluding tert-OH is 1. The van der Waals surface area contributed by atoms with Gasteiger partial charge in [0.15, 0.2) is 0 Å². The molecule has 0 aliphatic carbocycles. The Labute approximate surface area is 188 Å². The second-order valence-corrected chi connectivity index (χ2v) is 8.06. The van der Waals surface area contributed by atoms with Crippen LogP contribution in [0.15, 0.2) is 54.1 Å². The second-order valence-electron chi connectivity index (χ2n) is 7.62. The Bertz CT molecular complexity index is 950. The maximum absolute atomic E-state index is 12.9. The molecule has 6 heteroatoms. The number of unbranched alkanes of at least 4 members (excludes halogenated alkanes) is 2. The molecule has 0 bridgehead atoms. The van der Waals surface area contributed by atoms with Gasteiger partial charge in [0.2, 0.25) is 0 Å². The molecular formula is C25H28ClNO4. The molecule has 0 spiro atoms. The molecule has 1 unspecified atom stereocenters. The van der Waals surface area contributed by atoms with E-state index in [-0.39, 0.29) is 11.3 Å². The second kappa shape index (κ2) is 10.5. The molecule has 2 aromatic rings. The van der Waals surface area contributed by atoms with E-state index >= 15 is 0 Å². The predicted octanol–water partition coefficient (Wildman–Crippen LogP) is 5.74. The van der Waals surface area contributed by atoms with Crippen molar-refractivity contribution >= 4 is 29.1 Å². The number of ether oxygens (including phenoxy) is 1. The molecule has 31 heavy (non-hydrogen) atoms. The van der Waals surface area contributed by atoms with Crippen LogP contribution < -0.4 is 4.74 Å². The number of carbonyl (C=O) groups is 2. The Balaban J connectivity index is 1.95. The lowest BCUT2D eigenvalue weighted by molar-refractivity contribution is -0.139. The van der Waals surface area contributed by atoms with Crippen molar-refractivity contribution in [3.05, 3.63) is 70.3 Å². The van der Waals surface area contributed by atoms with E-state index in [9.17, 15) is 14.7 Å². The Kier molecular flexibility index (Phi) is 7.75. The number of benzene rings is 2. The number of nitrogens with zero attached hydrogens (tertiary/aromatic N) is 1. The van der Waals surface area contributed by atoms with E-state index in [0.29, 0.717) is 35.9 Å². The maximum Gasteiger partial charge on any atom is 0.295 e. The number of halogens is 1. The van der Waals surface area contributed by atoms with E-state index in [1.54, 1.807) is 48.5 Å². The molecule has 0 saturated carbocycles. The minimum Gasteiger partial charge on any atom is -0.507 e. The van der Waals surface area contributed by atoms with Gasteiger partial charge in [0.25, 0.3) is 11.7 Å². The fourth-order valence-electron chi connectivity index (χ4n) is 3.75. The maximum atomic E-state index is 12.9. The number of aliphatic hydroxyl groups is 1. The SMILES string of the molecule is CCCCCOc1ccc(/C(O)=C2/C(=O)C(=O)N(CCC)C2c2ccc(Cl)cc2)cc1. The summed E-state index contributed by atoms with van der Waals surface area (Å²) in [4.78, 5) is 27.1. The van der Waals surface area contributed by atoms with Crippen molar-refractivity contribution in [3.63, 3.8) is 0 Å². The van der Waals surface area contributed by atoms with Crippen molar-refractivity contribution < 1.29 is 19.4 Å². The number of rotatable bonds is 9. The lowest BCUT2D eigenvalue weighted by Crippen LogP contribution is -2.30. The lowest BCUT2D eigenvalue weighted by Gasteiger charge is -2.24. The monoisotopic (exact) mass is 441 g/mol. The van der Waals surface area contributed by atoms with E-state index in [0.717, 1.165) is 24.8 Å². The third kappa shape index (κ3) is 5.10. The Morgan fingerprint density at radius 2 is 1.68 bits per heavy atom. The van der Waals surface area contributed by atoms with Crippen molar-refractivity contribution in [2.45, 2.75) is 45.6 Å². The Morgan fingerprint density at radius 3 is 2.29 bits per heavy atom. The zero-order valence-electron chi connectivity index (χ0n) is 17.9. The van der Waals surface area contributed by atoms with E-state index in [1.165, 1.54) is 4.90 Å². The molecular weight excluding hydrogens is 414 g/mol. The number of hydrogen-bond donors (Lipinski definition) is 1. The molecule has 2 aromatic carbocycles. The standard InChI is InChI=1S/C25H28ClNO4/c1-3-5-6-16-31-20-13-9-18(10-14-20)23(28)21-22(17-7-11-19(26)12-8-17)27(15-4-2)25(30)24(21)29/h7-14,22,28H,3-6,15-16H2,1-2H3/b23-21-. The summed E-state index contributed by atoms with van der Waals surface area (Å²) in [6, 6.07) is 13.3. The first kappa shape index (κ1) is 22.9. The highest BCUT2D eigenvalue weighted by Crippen LogP contribution is 2.39. The molecule has 1 atom stereocenters. The van der Waals surface area contributed by atoms with Crippen LogP contribution in [-0.2, 0) is 9.59 Å². The Morgan fingerprint density at radius 1 is 1.00 bits per heavy atom. The van der Waals surface area contributed by atoms with Crippen LogP contribution in [0.2, 0.25) is 5.02 Å². The van der Waals surface area contributed by atoms with Crippen LogP contribution in [-0.4, -0.2) is 34.8 Å². The van der Waals surface area contributed by atoms with Crippen LogP contribution in [0.5, 0.6) is 5.75 Å². The van der Waals surface area contributed by atoms with Crippen LogP contribution in [0.4, 0.5) is 0 Å². The van der Waals surface area contributed by atoms with Crippen LogP contribution >= 0.6 is 11.6 Å². The van der Waals surface area contributed by atoms with Gasteiger partial charge >= 0.3 is 0 Å². The summed E-state index contributed by atoms with van der Waals surface area (Å²) >= 11 is 6.02. The number of carbonyl (C=O) groups excluding carboxylic acids is 2. The van der Waals surface area contributed by atoms with E-state index in [4.69, 9.17) is 16.3 Å². The number of likely N-dealkylation sites (tertiary alicyclic amines) is 1. The van der Waals surface area contributed by atoms with Gasteiger partial charge in [-0.05, 0) is 54.8 Å². The van der Waals surface area contributed by atoms with Gasteiger partial charge in [0, 0.05) is 17.1 Å². The third-order valence-electron chi connectivity index (χ3n) is 5.33. The smallest absolute Gasteiger partial charge is 0.295 e. The number of amides is 1. The largest absolute Gasteiger partial charge is 0.507 e. The zero-order chi connectivity index (χ0) is 22.4. The first-order valence-electron chi connectivity index (χ1n) is 10.7. The average Bonchev–Trinajstić information content (AvgIpc) is 3.02. The molecule has 1 saturated heterocycles. The van der Waals surface area contributed by atoms with E-state index in [2.05, 4.69) is 6.92 Å². The van der Waals surface area contributed by atoms with Crippen molar-refractivity contribution in [1.82, 2.24) is 4.90 Å². The minimum atomic E-state index is -0.675. The molecule has 0 radical (unpaired) electrons. The van der Waals surface area contributed by atoms with Gasteiger partial charge in [0.1, 0.15) is 11.5 Å². The van der Waals surface area contributed by atoms with E-state index in [1.807, 2.05) is 6.92 Å². The number of ketones is 1. The molecule has 1 N–H and O–H groups in total. The highest BCUT2D eigenvalue weighted by molar-refractivity contribution is 6.46. The van der Waals surface area contributed by atoms with Crippen LogP contribution in [0.1, 0.15) is 56.7 Å². The normalized spacial score (nSPS) is 17.9. The fourth-order valence-corrected chi connectivity index (χ4v) is 3.88. The summed E-state index contributed by atoms with van der Waals surface area (Å²) in [6.45, 7) is 5.13. The lowest BCUT2D eigenvalue weighted by atomic mass is 9.95. The average molecular weight is 442 g/mol. The van der Waals surface area contributed by atoms with Gasteiger partial charge < -0.3 is 14.7 Å². The van der Waals surface area contributed by atoms with Gasteiger partial charge in [-0.3, -0.25) is 9.59 Å². The molecule has 3 rings (SSSR count). The predicted molar refractivity (Wildman–Crippen MR) is 122 cm³/mol. The first-order chi connectivity index (χ1) is 15.0. The summed E-state index contributed by atoms with van der Waals surface area (Å²) in [7, 11) is 0. The molecule has 0 aromatic heterocycles. The van der Waals surface area contributed by atoms with Crippen LogP contribution in [0.25, 0.3) is 5.76 Å². The van der Waals surface area contributed by atoms with E-state index < -0.39 is 17.7 Å². The van der Waals surface area contributed by atoms with Crippen LogP contribution in [0.3, 0.4) is 0 Å². The molecule has 1 heterocycles. The highest BCUT2D eigenvalue weighted by Gasteiger charge is 2.45. The van der Waals surface area contributed by atoms with Gasteiger partial charge in [0.05, 0.1) is 18.2 Å². The summed E-state index contributed by atoms with van der Waals surface area (Å²) in [5.41, 5.74) is 1.29. The zero-order valence-corrected chi connectivity index (χ0v) is 18.7. The summed E-state index contributed by atoms with van der Waals surface area (Å²) < 4.78 is 5.72. The van der Waals surface area contributed by atoms with Crippen molar-refractivity contribution in [2.75, 3.05) is 13.2 Å². The highest BCUT2D eigenvalue weighted by atomic mass is 35.5. The van der Waals surface area contributed by atoms with Gasteiger partial charge in [-0.25, -0.2) is 0 Å². The quantitative estimate of drug-likeness (QED) is 0.233. The summed E-state index contributed by atoms with van der Waals surface area (Å²) in [6.07, 6.45) is 3.92. The first-order valence-corrected chi connectivity index (χ1v) is 11.1. The minimum absolute atomic E-state index is 0.0948. The molecule has 5 nitrogen and oxygen atoms in total. The molecule has 1 amide bonds. The number of Topliss-reactive ketones (excluding diaryl/α,β-unsaturated/α-hetero) is 1. The molecule has 164 valence electrons. The molecule has 1 aliphatic heterocycles. The van der Waals surface area contributed by atoms with Crippen molar-refractivity contribution in [2.24, 2.45) is 0 Å². The third-order valence-corrected chi connectivity index (χ3v) is 5.59. The van der Waals surface area contributed by atoms with Crippen LogP contribution in [0, 0.1) is 0 Å².